The van der Waals surface area contributed by atoms with Gasteiger partial charge in [-0.3, -0.25) is 19.1 Å². The van der Waals surface area contributed by atoms with E-state index in [1.807, 2.05) is 27.7 Å². The van der Waals surface area contributed by atoms with Crippen LogP contribution in [0.25, 0.3) is 0 Å². The average molecular weight is 481 g/mol. The molecule has 1 aromatic carbocycles. The molecule has 1 heterocycles. The van der Waals surface area contributed by atoms with Gasteiger partial charge in [0.1, 0.15) is 5.82 Å². The number of hydrogen-bond donors (Lipinski definition) is 2. The molecular weight excluding hydrogens is 448 g/mol. The van der Waals surface area contributed by atoms with Crippen molar-refractivity contribution in [2.24, 2.45) is 0 Å². The van der Waals surface area contributed by atoms with E-state index >= 15 is 0 Å². The summed E-state index contributed by atoms with van der Waals surface area (Å²) in [7, 11) is 0. The number of nitrogens with one attached hydrogen (secondary N) is 1. The zero-order valence-corrected chi connectivity index (χ0v) is 20.5. The number of halogens is 1. The minimum atomic E-state index is -0.717. The van der Waals surface area contributed by atoms with E-state index in [-0.39, 0.29) is 28.6 Å². The summed E-state index contributed by atoms with van der Waals surface area (Å²) in [6.07, 6.45) is 2.87. The van der Waals surface area contributed by atoms with E-state index in [1.54, 1.807) is 6.07 Å². The molecule has 2 aromatic rings. The van der Waals surface area contributed by atoms with Crippen LogP contribution in [0.1, 0.15) is 63.7 Å². The van der Waals surface area contributed by atoms with Crippen molar-refractivity contribution >= 4 is 29.0 Å². The smallest absolute Gasteiger partial charge is 0.330 e. The Balaban J connectivity index is 2.60. The van der Waals surface area contributed by atoms with Crippen LogP contribution in [0.15, 0.2) is 21.7 Å². The molecule has 0 atom stereocenters. The average Bonchev–Trinajstić information content (AvgIpc) is 2.77. The standard InChI is InChI=1S/C23H33ClN4O5/c1-5-9-11-28-20(25)18(21(29)26-23(28)31)27(10-6-2)22(30)15-13-16(24)19(33-12-7-3)17(14-15)32-8-4/h13-14H,5-12,25H2,1-4H3,(H,26,29,31). The predicted octanol–water partition coefficient (Wildman–Crippen LogP) is 3.82. The number of H-pyrrole nitrogens is 1. The van der Waals surface area contributed by atoms with E-state index < -0.39 is 17.2 Å². The molecule has 0 bridgehead atoms. The van der Waals surface area contributed by atoms with Gasteiger partial charge in [0.05, 0.1) is 18.2 Å². The lowest BCUT2D eigenvalue weighted by Gasteiger charge is -2.25. The van der Waals surface area contributed by atoms with Gasteiger partial charge in [0, 0.05) is 18.7 Å². The molecule has 1 amide bonds. The van der Waals surface area contributed by atoms with Gasteiger partial charge in [-0.05, 0) is 38.3 Å². The van der Waals surface area contributed by atoms with Gasteiger partial charge in [-0.1, -0.05) is 38.8 Å². The highest BCUT2D eigenvalue weighted by Gasteiger charge is 2.26. The van der Waals surface area contributed by atoms with Crippen LogP contribution in [0.5, 0.6) is 11.5 Å². The minimum absolute atomic E-state index is 0.0435. The molecule has 2 rings (SSSR count). The van der Waals surface area contributed by atoms with E-state index in [4.69, 9.17) is 26.8 Å². The fourth-order valence-electron chi connectivity index (χ4n) is 3.37. The molecule has 0 aliphatic rings. The Morgan fingerprint density at radius 3 is 2.45 bits per heavy atom. The van der Waals surface area contributed by atoms with Crippen LogP contribution in [0.2, 0.25) is 5.02 Å². The van der Waals surface area contributed by atoms with E-state index in [1.165, 1.54) is 15.5 Å². The number of aromatic amines is 1. The molecule has 0 fully saturated rings. The van der Waals surface area contributed by atoms with Crippen molar-refractivity contribution in [2.45, 2.75) is 59.9 Å². The molecule has 0 saturated carbocycles. The van der Waals surface area contributed by atoms with Gasteiger partial charge in [0.15, 0.2) is 17.2 Å². The number of unbranched alkanes of at least 4 members (excludes halogenated alkanes) is 1. The number of anilines is 2. The van der Waals surface area contributed by atoms with Crippen LogP contribution in [-0.4, -0.2) is 35.2 Å². The molecular formula is C23H33ClN4O5. The Morgan fingerprint density at radius 1 is 1.12 bits per heavy atom. The number of aromatic nitrogens is 2. The van der Waals surface area contributed by atoms with Crippen molar-refractivity contribution in [3.63, 3.8) is 0 Å². The summed E-state index contributed by atoms with van der Waals surface area (Å²) in [4.78, 5) is 42.2. The van der Waals surface area contributed by atoms with Crippen molar-refractivity contribution in [2.75, 3.05) is 30.4 Å². The molecule has 0 radical (unpaired) electrons. The lowest BCUT2D eigenvalue weighted by Crippen LogP contribution is -2.41. The fraction of sp³-hybridized carbons (Fsp3) is 0.522. The molecule has 0 aliphatic heterocycles. The number of nitrogens with two attached hydrogens (primary N) is 1. The molecule has 0 aliphatic carbocycles. The fourth-order valence-corrected chi connectivity index (χ4v) is 3.63. The number of rotatable bonds is 12. The van der Waals surface area contributed by atoms with Gasteiger partial charge in [0.25, 0.3) is 11.5 Å². The first-order valence-electron chi connectivity index (χ1n) is 11.3. The molecule has 0 unspecified atom stereocenters. The van der Waals surface area contributed by atoms with Gasteiger partial charge >= 0.3 is 5.69 Å². The Bertz CT molecular complexity index is 1080. The topological polar surface area (TPSA) is 120 Å². The summed E-state index contributed by atoms with van der Waals surface area (Å²) in [6.45, 7) is 8.99. The van der Waals surface area contributed by atoms with Gasteiger partial charge < -0.3 is 20.1 Å². The number of hydrogen-bond acceptors (Lipinski definition) is 6. The maximum absolute atomic E-state index is 13.6. The molecule has 9 nitrogen and oxygen atoms in total. The summed E-state index contributed by atoms with van der Waals surface area (Å²) in [5.41, 5.74) is 5.08. The number of carbonyl (C=O) groups excluding carboxylic acids is 1. The van der Waals surface area contributed by atoms with E-state index in [0.29, 0.717) is 44.1 Å². The van der Waals surface area contributed by atoms with E-state index in [0.717, 1.165) is 12.8 Å². The van der Waals surface area contributed by atoms with Crippen LogP contribution in [0.4, 0.5) is 11.5 Å². The lowest BCUT2D eigenvalue weighted by molar-refractivity contribution is 0.0986. The van der Waals surface area contributed by atoms with Crippen molar-refractivity contribution in [3.8, 4) is 11.5 Å². The van der Waals surface area contributed by atoms with Crippen molar-refractivity contribution in [1.82, 2.24) is 9.55 Å². The number of amides is 1. The van der Waals surface area contributed by atoms with Crippen molar-refractivity contribution in [3.05, 3.63) is 43.6 Å². The van der Waals surface area contributed by atoms with Crippen LogP contribution in [0, 0.1) is 0 Å². The molecule has 0 spiro atoms. The zero-order chi connectivity index (χ0) is 24.5. The maximum Gasteiger partial charge on any atom is 0.330 e. The highest BCUT2D eigenvalue weighted by Crippen LogP contribution is 2.37. The summed E-state index contributed by atoms with van der Waals surface area (Å²) in [5, 5.41) is 0.226. The lowest BCUT2D eigenvalue weighted by atomic mass is 10.1. The first kappa shape index (κ1) is 26.3. The monoisotopic (exact) mass is 480 g/mol. The number of benzene rings is 1. The Kier molecular flexibility index (Phi) is 9.84. The molecule has 0 saturated heterocycles. The Morgan fingerprint density at radius 2 is 1.85 bits per heavy atom. The summed E-state index contributed by atoms with van der Waals surface area (Å²) >= 11 is 6.43. The predicted molar refractivity (Wildman–Crippen MR) is 131 cm³/mol. The molecule has 33 heavy (non-hydrogen) atoms. The Hall–Kier alpha value is -2.94. The van der Waals surface area contributed by atoms with Crippen LogP contribution in [0.3, 0.4) is 0 Å². The van der Waals surface area contributed by atoms with Gasteiger partial charge in [-0.25, -0.2) is 4.79 Å². The first-order chi connectivity index (χ1) is 15.8. The van der Waals surface area contributed by atoms with Crippen molar-refractivity contribution in [1.29, 1.82) is 0 Å². The quantitative estimate of drug-likeness (QED) is 0.476. The summed E-state index contributed by atoms with van der Waals surface area (Å²) in [6, 6.07) is 3.03. The first-order valence-corrected chi connectivity index (χ1v) is 11.7. The highest BCUT2D eigenvalue weighted by atomic mass is 35.5. The summed E-state index contributed by atoms with van der Waals surface area (Å²) < 4.78 is 12.7. The van der Waals surface area contributed by atoms with Crippen LogP contribution >= 0.6 is 11.6 Å². The molecule has 3 N–H and O–H groups in total. The maximum atomic E-state index is 13.6. The zero-order valence-electron chi connectivity index (χ0n) is 19.7. The Labute approximate surface area is 198 Å². The number of nitrogens with zero attached hydrogens (tertiary/aromatic N) is 2. The third kappa shape index (κ3) is 6.10. The third-order valence-electron chi connectivity index (χ3n) is 4.92. The van der Waals surface area contributed by atoms with Gasteiger partial charge in [-0.15, -0.1) is 0 Å². The SMILES string of the molecule is CCCCn1c(N)c(N(CCC)C(=O)c2cc(Cl)c(OCCC)c(OCC)c2)c(=O)[nH]c1=O. The number of carbonyl (C=O) groups is 1. The van der Waals surface area contributed by atoms with E-state index in [9.17, 15) is 14.4 Å². The normalized spacial score (nSPS) is 10.8. The van der Waals surface area contributed by atoms with E-state index in [2.05, 4.69) is 4.98 Å². The second-order valence-corrected chi connectivity index (χ2v) is 7.93. The number of ether oxygens (including phenoxy) is 2. The van der Waals surface area contributed by atoms with Gasteiger partial charge in [-0.2, -0.15) is 0 Å². The highest BCUT2D eigenvalue weighted by molar-refractivity contribution is 6.32. The molecule has 1 aromatic heterocycles. The molecule has 182 valence electrons. The third-order valence-corrected chi connectivity index (χ3v) is 5.20. The second-order valence-electron chi connectivity index (χ2n) is 7.52. The minimum Gasteiger partial charge on any atom is -0.490 e. The second kappa shape index (κ2) is 12.3. The van der Waals surface area contributed by atoms with Crippen LogP contribution in [-0.2, 0) is 6.54 Å². The molecule has 10 heteroatoms. The summed E-state index contributed by atoms with van der Waals surface area (Å²) in [5.74, 6) is 0.176. The van der Waals surface area contributed by atoms with Crippen molar-refractivity contribution < 1.29 is 14.3 Å². The largest absolute Gasteiger partial charge is 0.490 e. The van der Waals surface area contributed by atoms with Crippen LogP contribution < -0.4 is 31.4 Å². The number of nitrogen functional groups attached to an aromatic ring is 1. The van der Waals surface area contributed by atoms with Gasteiger partial charge in [0.2, 0.25) is 0 Å².